The Hall–Kier alpha value is -2.33. The van der Waals surface area contributed by atoms with E-state index < -0.39 is 0 Å². The van der Waals surface area contributed by atoms with Crippen molar-refractivity contribution in [3.05, 3.63) is 64.7 Å². The molecular formula is C17H20N2O2. The van der Waals surface area contributed by atoms with E-state index in [9.17, 15) is 4.79 Å². The Labute approximate surface area is 124 Å². The summed E-state index contributed by atoms with van der Waals surface area (Å²) < 4.78 is 5.10. The molecule has 0 bridgehead atoms. The summed E-state index contributed by atoms with van der Waals surface area (Å²) >= 11 is 0. The summed E-state index contributed by atoms with van der Waals surface area (Å²) in [6.45, 7) is 2.96. The fourth-order valence-corrected chi connectivity index (χ4v) is 2.06. The summed E-state index contributed by atoms with van der Waals surface area (Å²) in [5.74, 6) is -0.126. The van der Waals surface area contributed by atoms with Gasteiger partial charge in [-0.1, -0.05) is 30.3 Å². The second-order valence-corrected chi connectivity index (χ2v) is 5.01. The Kier molecular flexibility index (Phi) is 4.95. The van der Waals surface area contributed by atoms with E-state index in [0.717, 1.165) is 16.7 Å². The van der Waals surface area contributed by atoms with Gasteiger partial charge in [-0.05, 0) is 35.7 Å². The average Bonchev–Trinajstić information content (AvgIpc) is 2.48. The molecule has 0 aliphatic heterocycles. The fraction of sp³-hybridized carbons (Fsp3) is 0.235. The first-order valence-electron chi connectivity index (χ1n) is 6.81. The number of hydrogen-bond acceptors (Lipinski definition) is 3. The number of benzene rings is 2. The standard InChI is InChI=1S/C17H20N2O2/c1-12-6-7-15(9-16(12)18)17(20)19-10-13-4-3-5-14(8-13)11-21-2/h3-9H,10-11,18H2,1-2H3,(H,19,20). The van der Waals surface area contributed by atoms with Crippen molar-refractivity contribution in [3.63, 3.8) is 0 Å². The van der Waals surface area contributed by atoms with Crippen LogP contribution in [-0.4, -0.2) is 13.0 Å². The summed E-state index contributed by atoms with van der Waals surface area (Å²) in [6, 6.07) is 13.3. The van der Waals surface area contributed by atoms with Crippen LogP contribution in [0.1, 0.15) is 27.0 Å². The highest BCUT2D eigenvalue weighted by Gasteiger charge is 2.07. The van der Waals surface area contributed by atoms with E-state index in [1.807, 2.05) is 37.3 Å². The van der Waals surface area contributed by atoms with Gasteiger partial charge in [0.15, 0.2) is 0 Å². The predicted molar refractivity (Wildman–Crippen MR) is 83.9 cm³/mol. The average molecular weight is 284 g/mol. The molecule has 0 atom stereocenters. The Morgan fingerprint density at radius 3 is 2.67 bits per heavy atom. The van der Waals surface area contributed by atoms with Crippen molar-refractivity contribution in [2.45, 2.75) is 20.1 Å². The number of hydrogen-bond donors (Lipinski definition) is 2. The highest BCUT2D eigenvalue weighted by Crippen LogP contribution is 2.13. The van der Waals surface area contributed by atoms with Crippen molar-refractivity contribution in [1.82, 2.24) is 5.32 Å². The first-order valence-corrected chi connectivity index (χ1v) is 6.81. The van der Waals surface area contributed by atoms with Crippen molar-refractivity contribution < 1.29 is 9.53 Å². The normalized spacial score (nSPS) is 10.4. The van der Waals surface area contributed by atoms with Crippen LogP contribution in [0.2, 0.25) is 0 Å². The van der Waals surface area contributed by atoms with E-state index in [-0.39, 0.29) is 5.91 Å². The molecule has 2 aromatic carbocycles. The molecule has 4 heteroatoms. The summed E-state index contributed by atoms with van der Waals surface area (Å²) in [4.78, 5) is 12.1. The summed E-state index contributed by atoms with van der Waals surface area (Å²) in [5.41, 5.74) is 10.1. The zero-order chi connectivity index (χ0) is 15.2. The number of ether oxygens (including phenoxy) is 1. The van der Waals surface area contributed by atoms with Crippen LogP contribution in [0.4, 0.5) is 5.69 Å². The van der Waals surface area contributed by atoms with Crippen molar-refractivity contribution in [1.29, 1.82) is 0 Å². The third kappa shape index (κ3) is 4.07. The van der Waals surface area contributed by atoms with E-state index in [0.29, 0.717) is 24.4 Å². The second-order valence-electron chi connectivity index (χ2n) is 5.01. The molecule has 0 radical (unpaired) electrons. The van der Waals surface area contributed by atoms with E-state index in [2.05, 4.69) is 5.32 Å². The topological polar surface area (TPSA) is 64.3 Å². The van der Waals surface area contributed by atoms with Crippen LogP contribution < -0.4 is 11.1 Å². The Morgan fingerprint density at radius 1 is 1.19 bits per heavy atom. The summed E-state index contributed by atoms with van der Waals surface area (Å²) in [5, 5.41) is 2.90. The molecule has 1 amide bonds. The Bertz CT molecular complexity index is 638. The van der Waals surface area contributed by atoms with Crippen molar-refractivity contribution in [2.75, 3.05) is 12.8 Å². The van der Waals surface area contributed by atoms with Gasteiger partial charge in [0.2, 0.25) is 0 Å². The molecule has 2 rings (SSSR count). The predicted octanol–water partition coefficient (Wildman–Crippen LogP) is 2.65. The largest absolute Gasteiger partial charge is 0.398 e. The third-order valence-electron chi connectivity index (χ3n) is 3.30. The SMILES string of the molecule is COCc1cccc(CNC(=O)c2ccc(C)c(N)c2)c1. The van der Waals surface area contributed by atoms with E-state index in [1.54, 1.807) is 19.2 Å². The Balaban J connectivity index is 2.00. The number of nitrogens with one attached hydrogen (secondary N) is 1. The van der Waals surface area contributed by atoms with Gasteiger partial charge in [-0.15, -0.1) is 0 Å². The van der Waals surface area contributed by atoms with Crippen molar-refractivity contribution >= 4 is 11.6 Å². The summed E-state index contributed by atoms with van der Waals surface area (Å²) in [6.07, 6.45) is 0. The molecule has 4 nitrogen and oxygen atoms in total. The molecule has 0 spiro atoms. The molecule has 0 unspecified atom stereocenters. The lowest BCUT2D eigenvalue weighted by Gasteiger charge is -2.08. The second kappa shape index (κ2) is 6.90. The molecule has 3 N–H and O–H groups in total. The van der Waals surface area contributed by atoms with Crippen LogP contribution in [0.5, 0.6) is 0 Å². The molecule has 0 aliphatic rings. The minimum absolute atomic E-state index is 0.126. The van der Waals surface area contributed by atoms with Crippen LogP contribution in [0.15, 0.2) is 42.5 Å². The van der Waals surface area contributed by atoms with Gasteiger partial charge in [-0.2, -0.15) is 0 Å². The van der Waals surface area contributed by atoms with E-state index in [1.165, 1.54) is 0 Å². The van der Waals surface area contributed by atoms with Gasteiger partial charge in [-0.25, -0.2) is 0 Å². The lowest BCUT2D eigenvalue weighted by atomic mass is 10.1. The number of aryl methyl sites for hydroxylation is 1. The minimum atomic E-state index is -0.126. The number of methoxy groups -OCH3 is 1. The van der Waals surface area contributed by atoms with E-state index >= 15 is 0 Å². The van der Waals surface area contributed by atoms with Crippen LogP contribution in [0.3, 0.4) is 0 Å². The lowest BCUT2D eigenvalue weighted by Crippen LogP contribution is -2.23. The molecular weight excluding hydrogens is 264 g/mol. The minimum Gasteiger partial charge on any atom is -0.398 e. The quantitative estimate of drug-likeness (QED) is 0.830. The lowest BCUT2D eigenvalue weighted by molar-refractivity contribution is 0.0951. The van der Waals surface area contributed by atoms with Crippen molar-refractivity contribution in [3.8, 4) is 0 Å². The molecule has 0 aliphatic carbocycles. The first-order chi connectivity index (χ1) is 10.1. The van der Waals surface area contributed by atoms with Gasteiger partial charge in [0.05, 0.1) is 6.61 Å². The fourth-order valence-electron chi connectivity index (χ4n) is 2.06. The number of anilines is 1. The smallest absolute Gasteiger partial charge is 0.251 e. The number of carbonyl (C=O) groups is 1. The van der Waals surface area contributed by atoms with Crippen LogP contribution in [0, 0.1) is 6.92 Å². The van der Waals surface area contributed by atoms with Gasteiger partial charge >= 0.3 is 0 Å². The maximum absolute atomic E-state index is 12.1. The van der Waals surface area contributed by atoms with Gasteiger partial charge < -0.3 is 15.8 Å². The van der Waals surface area contributed by atoms with E-state index in [4.69, 9.17) is 10.5 Å². The number of nitrogens with two attached hydrogens (primary N) is 1. The van der Waals surface area contributed by atoms with Crippen LogP contribution >= 0.6 is 0 Å². The third-order valence-corrected chi connectivity index (χ3v) is 3.30. The van der Waals surface area contributed by atoms with Gasteiger partial charge in [-0.3, -0.25) is 4.79 Å². The zero-order valence-electron chi connectivity index (χ0n) is 12.3. The molecule has 2 aromatic rings. The maximum Gasteiger partial charge on any atom is 0.251 e. The number of rotatable bonds is 5. The summed E-state index contributed by atoms with van der Waals surface area (Å²) in [7, 11) is 1.66. The van der Waals surface area contributed by atoms with Crippen LogP contribution in [-0.2, 0) is 17.9 Å². The number of carbonyl (C=O) groups excluding carboxylic acids is 1. The highest BCUT2D eigenvalue weighted by molar-refractivity contribution is 5.95. The first kappa shape index (κ1) is 15.1. The highest BCUT2D eigenvalue weighted by atomic mass is 16.5. The van der Waals surface area contributed by atoms with Gasteiger partial charge in [0.1, 0.15) is 0 Å². The monoisotopic (exact) mass is 284 g/mol. The molecule has 0 fully saturated rings. The van der Waals surface area contributed by atoms with Crippen LogP contribution in [0.25, 0.3) is 0 Å². The Morgan fingerprint density at radius 2 is 1.95 bits per heavy atom. The van der Waals surface area contributed by atoms with Crippen molar-refractivity contribution in [2.24, 2.45) is 0 Å². The molecule has 0 saturated carbocycles. The molecule has 110 valence electrons. The molecule has 0 saturated heterocycles. The zero-order valence-corrected chi connectivity index (χ0v) is 12.3. The van der Waals surface area contributed by atoms with Gasteiger partial charge in [0, 0.05) is 24.9 Å². The molecule has 21 heavy (non-hydrogen) atoms. The maximum atomic E-state index is 12.1. The number of nitrogen functional groups attached to an aromatic ring is 1. The number of amides is 1. The molecule has 0 heterocycles. The van der Waals surface area contributed by atoms with Gasteiger partial charge in [0.25, 0.3) is 5.91 Å². The molecule has 0 aromatic heterocycles.